The zero-order valence-electron chi connectivity index (χ0n) is 5.98. The molecule has 0 amide bonds. The van der Waals surface area contributed by atoms with Crippen LogP contribution in [0.1, 0.15) is 10.4 Å². The molecule has 0 radical (unpaired) electrons. The van der Waals surface area contributed by atoms with Crippen molar-refractivity contribution in [3.05, 3.63) is 30.2 Å². The van der Waals surface area contributed by atoms with Crippen LogP contribution in [0.25, 0.3) is 11.1 Å². The lowest BCUT2D eigenvalue weighted by Gasteiger charge is -1.99. The summed E-state index contributed by atoms with van der Waals surface area (Å²) in [6.07, 6.45) is 1.27. The van der Waals surface area contributed by atoms with E-state index in [1.54, 1.807) is 6.07 Å². The molecule has 2 rings (SSSR count). The Hall–Kier alpha value is -1.84. The third kappa shape index (κ3) is 0.934. The van der Waals surface area contributed by atoms with Gasteiger partial charge in [-0.25, -0.2) is 4.98 Å². The van der Waals surface area contributed by atoms with Crippen LogP contribution in [-0.4, -0.2) is 11.0 Å². The smallest absolute Gasteiger partial charge is 0.181 e. The SMILES string of the molecule is O=C([O-])c1ccc2ocnc2c1. The van der Waals surface area contributed by atoms with E-state index < -0.39 is 5.97 Å². The summed E-state index contributed by atoms with van der Waals surface area (Å²) in [6, 6.07) is 4.38. The summed E-state index contributed by atoms with van der Waals surface area (Å²) in [6.45, 7) is 0. The molecule has 60 valence electrons. The van der Waals surface area contributed by atoms with Crippen molar-refractivity contribution >= 4 is 17.1 Å². The Morgan fingerprint density at radius 1 is 1.50 bits per heavy atom. The van der Waals surface area contributed by atoms with Crippen LogP contribution in [0.3, 0.4) is 0 Å². The molecule has 0 aliphatic rings. The maximum Gasteiger partial charge on any atom is 0.181 e. The molecule has 1 heterocycles. The fraction of sp³-hybridized carbons (Fsp3) is 0. The van der Waals surface area contributed by atoms with Crippen molar-refractivity contribution in [2.75, 3.05) is 0 Å². The molecule has 1 aromatic carbocycles. The lowest BCUT2D eigenvalue weighted by Crippen LogP contribution is -2.21. The maximum atomic E-state index is 10.4. The number of hydrogen-bond acceptors (Lipinski definition) is 4. The predicted octanol–water partition coefficient (Wildman–Crippen LogP) is 0.191. The first-order valence-electron chi connectivity index (χ1n) is 3.32. The molecule has 0 aliphatic carbocycles. The van der Waals surface area contributed by atoms with E-state index >= 15 is 0 Å². The van der Waals surface area contributed by atoms with E-state index in [2.05, 4.69) is 4.98 Å². The molecule has 0 aliphatic heterocycles. The minimum Gasteiger partial charge on any atom is -0.545 e. The molecule has 0 atom stereocenters. The van der Waals surface area contributed by atoms with Gasteiger partial charge in [0.2, 0.25) is 0 Å². The number of carboxylic acid groups (broad SMARTS) is 1. The first-order valence-corrected chi connectivity index (χ1v) is 3.32. The predicted molar refractivity (Wildman–Crippen MR) is 38.3 cm³/mol. The van der Waals surface area contributed by atoms with Crippen molar-refractivity contribution in [2.45, 2.75) is 0 Å². The highest BCUT2D eigenvalue weighted by molar-refractivity contribution is 5.90. The van der Waals surface area contributed by atoms with E-state index in [1.165, 1.54) is 18.5 Å². The molecule has 1 aromatic heterocycles. The highest BCUT2D eigenvalue weighted by Crippen LogP contribution is 2.13. The largest absolute Gasteiger partial charge is 0.545 e. The normalized spacial score (nSPS) is 10.3. The van der Waals surface area contributed by atoms with Gasteiger partial charge in [0.25, 0.3) is 0 Å². The number of hydrogen-bond donors (Lipinski definition) is 0. The molecule has 0 bridgehead atoms. The zero-order chi connectivity index (χ0) is 8.55. The Bertz CT molecular complexity index is 433. The fourth-order valence-corrected chi connectivity index (χ4v) is 0.985. The molecule has 0 unspecified atom stereocenters. The minimum atomic E-state index is -1.21. The van der Waals surface area contributed by atoms with Gasteiger partial charge in [0.1, 0.15) is 5.52 Å². The first-order chi connectivity index (χ1) is 5.77. The molecule has 4 nitrogen and oxygen atoms in total. The van der Waals surface area contributed by atoms with Crippen LogP contribution >= 0.6 is 0 Å². The molecule has 0 saturated heterocycles. The topological polar surface area (TPSA) is 66.2 Å². The number of rotatable bonds is 1. The summed E-state index contributed by atoms with van der Waals surface area (Å²) in [7, 11) is 0. The van der Waals surface area contributed by atoms with Crippen LogP contribution in [0.2, 0.25) is 0 Å². The molecule has 0 spiro atoms. The van der Waals surface area contributed by atoms with E-state index in [1.807, 2.05) is 0 Å². The molecule has 4 heteroatoms. The van der Waals surface area contributed by atoms with Gasteiger partial charge >= 0.3 is 0 Å². The van der Waals surface area contributed by atoms with Crippen LogP contribution in [0.4, 0.5) is 0 Å². The molecule has 12 heavy (non-hydrogen) atoms. The lowest BCUT2D eigenvalue weighted by molar-refractivity contribution is -0.255. The van der Waals surface area contributed by atoms with Crippen molar-refractivity contribution in [1.82, 2.24) is 4.98 Å². The van der Waals surface area contributed by atoms with Gasteiger partial charge in [-0.2, -0.15) is 0 Å². The molecular formula is C8H4NO3-. The fourth-order valence-electron chi connectivity index (χ4n) is 0.985. The Kier molecular flexibility index (Phi) is 1.33. The third-order valence-corrected chi connectivity index (χ3v) is 1.57. The number of benzene rings is 1. The van der Waals surface area contributed by atoms with E-state index in [0.717, 1.165) is 0 Å². The number of oxazole rings is 1. The maximum absolute atomic E-state index is 10.4. The standard InChI is InChI=1S/C8H5NO3/c10-8(11)5-1-2-7-6(3-5)9-4-12-7/h1-4H,(H,10,11)/p-1. The van der Waals surface area contributed by atoms with E-state index in [4.69, 9.17) is 4.42 Å². The second-order valence-electron chi connectivity index (χ2n) is 2.32. The van der Waals surface area contributed by atoms with E-state index in [0.29, 0.717) is 11.1 Å². The number of carboxylic acids is 1. The van der Waals surface area contributed by atoms with Gasteiger partial charge < -0.3 is 14.3 Å². The first kappa shape index (κ1) is 6.84. The van der Waals surface area contributed by atoms with Crippen LogP contribution < -0.4 is 5.11 Å². The van der Waals surface area contributed by atoms with E-state index in [-0.39, 0.29) is 5.56 Å². The molecule has 0 fully saturated rings. The van der Waals surface area contributed by atoms with Gasteiger partial charge in [-0.15, -0.1) is 0 Å². The van der Waals surface area contributed by atoms with Crippen LogP contribution in [-0.2, 0) is 0 Å². The summed E-state index contributed by atoms with van der Waals surface area (Å²) < 4.78 is 4.93. The van der Waals surface area contributed by atoms with Crippen molar-refractivity contribution in [2.24, 2.45) is 0 Å². The summed E-state index contributed by atoms with van der Waals surface area (Å²) in [4.78, 5) is 14.2. The third-order valence-electron chi connectivity index (χ3n) is 1.57. The number of nitrogens with zero attached hydrogens (tertiary/aromatic N) is 1. The molecule has 0 saturated carbocycles. The Morgan fingerprint density at radius 2 is 2.33 bits per heavy atom. The van der Waals surface area contributed by atoms with Crippen LogP contribution in [0, 0.1) is 0 Å². The van der Waals surface area contributed by atoms with Gasteiger partial charge in [0.05, 0.1) is 5.97 Å². The number of carbonyl (C=O) groups excluding carboxylic acids is 1. The Morgan fingerprint density at radius 3 is 3.08 bits per heavy atom. The Balaban J connectivity index is 2.68. The second-order valence-corrected chi connectivity index (χ2v) is 2.32. The van der Waals surface area contributed by atoms with Gasteiger partial charge in [0, 0.05) is 0 Å². The molecular weight excluding hydrogens is 158 g/mol. The van der Waals surface area contributed by atoms with Crippen LogP contribution in [0.5, 0.6) is 0 Å². The van der Waals surface area contributed by atoms with Crippen molar-refractivity contribution < 1.29 is 14.3 Å². The van der Waals surface area contributed by atoms with Gasteiger partial charge in [-0.3, -0.25) is 0 Å². The highest BCUT2D eigenvalue weighted by Gasteiger charge is 1.99. The number of aromatic nitrogens is 1. The quantitative estimate of drug-likeness (QED) is 0.600. The second kappa shape index (κ2) is 2.34. The summed E-state index contributed by atoms with van der Waals surface area (Å²) >= 11 is 0. The Labute approximate surface area is 67.4 Å². The zero-order valence-corrected chi connectivity index (χ0v) is 5.98. The van der Waals surface area contributed by atoms with Gasteiger partial charge in [-0.05, 0) is 23.8 Å². The monoisotopic (exact) mass is 162 g/mol. The van der Waals surface area contributed by atoms with Gasteiger partial charge in [0.15, 0.2) is 12.0 Å². The molecule has 2 aromatic rings. The van der Waals surface area contributed by atoms with Crippen molar-refractivity contribution in [3.63, 3.8) is 0 Å². The van der Waals surface area contributed by atoms with Crippen molar-refractivity contribution in [3.8, 4) is 0 Å². The van der Waals surface area contributed by atoms with E-state index in [9.17, 15) is 9.90 Å². The summed E-state index contributed by atoms with van der Waals surface area (Å²) in [5, 5.41) is 10.4. The summed E-state index contributed by atoms with van der Waals surface area (Å²) in [5.41, 5.74) is 1.20. The molecule has 0 N–H and O–H groups in total. The van der Waals surface area contributed by atoms with Crippen LogP contribution in [0.15, 0.2) is 29.0 Å². The highest BCUT2D eigenvalue weighted by atomic mass is 16.4. The lowest BCUT2D eigenvalue weighted by atomic mass is 10.2. The number of carbonyl (C=O) groups is 1. The van der Waals surface area contributed by atoms with Gasteiger partial charge in [-0.1, -0.05) is 0 Å². The number of aromatic carboxylic acids is 1. The number of fused-ring (bicyclic) bond motifs is 1. The average molecular weight is 162 g/mol. The summed E-state index contributed by atoms with van der Waals surface area (Å²) in [5.74, 6) is -1.21. The minimum absolute atomic E-state index is 0.108. The average Bonchev–Trinajstić information content (AvgIpc) is 2.49. The van der Waals surface area contributed by atoms with Crippen molar-refractivity contribution in [1.29, 1.82) is 0 Å².